The second-order valence-electron chi connectivity index (χ2n) is 8.41. The van der Waals surface area contributed by atoms with Crippen molar-refractivity contribution in [1.82, 2.24) is 30.2 Å². The number of esters is 1. The summed E-state index contributed by atoms with van der Waals surface area (Å²) in [5.74, 6) is 2.47. The van der Waals surface area contributed by atoms with Gasteiger partial charge in [-0.05, 0) is 48.9 Å². The Bertz CT molecular complexity index is 1340. The number of aromatic nitrogens is 5. The smallest absolute Gasteiger partial charge is 0.338 e. The average molecular weight is 468 g/mol. The summed E-state index contributed by atoms with van der Waals surface area (Å²) in [6.45, 7) is 4.17. The predicted octanol–water partition coefficient (Wildman–Crippen LogP) is 3.35. The van der Waals surface area contributed by atoms with Crippen molar-refractivity contribution in [2.24, 2.45) is 5.92 Å². The van der Waals surface area contributed by atoms with Crippen LogP contribution in [0.15, 0.2) is 67.0 Å². The highest BCUT2D eigenvalue weighted by atomic mass is 16.5. The van der Waals surface area contributed by atoms with E-state index in [9.17, 15) is 4.79 Å². The van der Waals surface area contributed by atoms with Crippen LogP contribution in [0.25, 0.3) is 11.5 Å². The minimum absolute atomic E-state index is 0.308. The molecule has 0 bridgehead atoms. The third kappa shape index (κ3) is 5.82. The second kappa shape index (κ2) is 10.4. The van der Waals surface area contributed by atoms with Gasteiger partial charge in [-0.15, -0.1) is 0 Å². The molecule has 4 aromatic rings. The van der Waals surface area contributed by atoms with E-state index < -0.39 is 0 Å². The van der Waals surface area contributed by atoms with E-state index in [2.05, 4.69) is 35.6 Å². The highest BCUT2D eigenvalue weighted by molar-refractivity contribution is 5.89. The van der Waals surface area contributed by atoms with Gasteiger partial charge in [-0.25, -0.2) is 29.7 Å². The molecular weight excluding hydrogens is 442 g/mol. The van der Waals surface area contributed by atoms with Gasteiger partial charge in [0, 0.05) is 43.5 Å². The molecule has 1 fully saturated rings. The van der Waals surface area contributed by atoms with Gasteiger partial charge in [-0.3, -0.25) is 0 Å². The molecule has 0 amide bonds. The highest BCUT2D eigenvalue weighted by Crippen LogP contribution is 2.18. The van der Waals surface area contributed by atoms with Crippen LogP contribution in [0.3, 0.4) is 0 Å². The molecule has 1 aliphatic rings. The Kier molecular flexibility index (Phi) is 6.67. The van der Waals surface area contributed by atoms with Gasteiger partial charge >= 0.3 is 5.97 Å². The minimum Gasteiger partial charge on any atom is -0.462 e. The highest BCUT2D eigenvalue weighted by Gasteiger charge is 2.19. The zero-order valence-electron chi connectivity index (χ0n) is 19.3. The maximum absolute atomic E-state index is 12.4. The fourth-order valence-corrected chi connectivity index (χ4v) is 3.64. The summed E-state index contributed by atoms with van der Waals surface area (Å²) in [4.78, 5) is 34.8. The maximum Gasteiger partial charge on any atom is 0.338 e. The molecule has 0 unspecified atom stereocenters. The summed E-state index contributed by atoms with van der Waals surface area (Å²) in [5.41, 5.74) is 3.07. The number of pyridine rings is 1. The van der Waals surface area contributed by atoms with E-state index in [1.165, 1.54) is 0 Å². The van der Waals surface area contributed by atoms with Crippen LogP contribution >= 0.6 is 0 Å². The third-order valence-corrected chi connectivity index (χ3v) is 5.58. The second-order valence-corrected chi connectivity index (χ2v) is 8.41. The van der Waals surface area contributed by atoms with Crippen molar-refractivity contribution >= 4 is 17.6 Å². The molecule has 35 heavy (non-hydrogen) atoms. The summed E-state index contributed by atoms with van der Waals surface area (Å²) in [6.07, 6.45) is 3.86. The lowest BCUT2D eigenvalue weighted by Crippen LogP contribution is -2.44. The topological polar surface area (TPSA) is 115 Å². The summed E-state index contributed by atoms with van der Waals surface area (Å²) in [5, 5.41) is 6.39. The van der Waals surface area contributed by atoms with Gasteiger partial charge in [0.15, 0.2) is 5.82 Å². The summed E-state index contributed by atoms with van der Waals surface area (Å²) in [7, 11) is 0. The van der Waals surface area contributed by atoms with Crippen LogP contribution in [0.1, 0.15) is 27.4 Å². The molecule has 176 valence electrons. The van der Waals surface area contributed by atoms with Crippen LogP contribution in [-0.4, -0.2) is 50.6 Å². The number of benzene rings is 1. The Balaban J connectivity index is 1.26. The molecule has 1 aromatic carbocycles. The maximum atomic E-state index is 12.4. The van der Waals surface area contributed by atoms with Gasteiger partial charge in [-0.2, -0.15) is 0 Å². The fraction of sp³-hybridized carbons (Fsp3) is 0.231. The summed E-state index contributed by atoms with van der Waals surface area (Å²) < 4.78 is 5.43. The molecule has 9 nitrogen and oxygen atoms in total. The number of aryl methyl sites for hydroxylation is 1. The summed E-state index contributed by atoms with van der Waals surface area (Å²) in [6, 6.07) is 16.7. The largest absolute Gasteiger partial charge is 0.462 e. The Morgan fingerprint density at radius 1 is 1.00 bits per heavy atom. The Morgan fingerprint density at radius 3 is 2.60 bits per heavy atom. The van der Waals surface area contributed by atoms with Gasteiger partial charge < -0.3 is 15.4 Å². The van der Waals surface area contributed by atoms with Crippen LogP contribution in [-0.2, 0) is 11.2 Å². The number of anilines is 2. The zero-order chi connectivity index (χ0) is 24.0. The van der Waals surface area contributed by atoms with Crippen molar-refractivity contribution in [3.05, 3.63) is 89.6 Å². The van der Waals surface area contributed by atoms with E-state index in [0.717, 1.165) is 24.3 Å². The Morgan fingerprint density at radius 2 is 1.80 bits per heavy atom. The van der Waals surface area contributed by atoms with Crippen LogP contribution in [0.4, 0.5) is 11.6 Å². The van der Waals surface area contributed by atoms with Crippen molar-refractivity contribution in [1.29, 1.82) is 0 Å². The van der Waals surface area contributed by atoms with E-state index in [1.54, 1.807) is 30.6 Å². The van der Waals surface area contributed by atoms with Crippen LogP contribution < -0.4 is 10.6 Å². The molecule has 1 saturated heterocycles. The first-order valence-electron chi connectivity index (χ1n) is 11.5. The van der Waals surface area contributed by atoms with Crippen LogP contribution in [0.2, 0.25) is 0 Å². The number of nitrogens with one attached hydrogen (secondary N) is 2. The molecule has 3 aromatic heterocycles. The molecule has 0 atom stereocenters. The lowest BCUT2D eigenvalue weighted by molar-refractivity contribution is 0.0397. The van der Waals surface area contributed by atoms with Gasteiger partial charge in [0.2, 0.25) is 0 Å². The van der Waals surface area contributed by atoms with E-state index in [4.69, 9.17) is 4.74 Å². The van der Waals surface area contributed by atoms with Crippen molar-refractivity contribution in [3.8, 4) is 11.5 Å². The number of carbonyl (C=O) groups is 1. The lowest BCUT2D eigenvalue weighted by atomic mass is 10.1. The molecule has 0 spiro atoms. The normalized spacial score (nSPS) is 13.2. The summed E-state index contributed by atoms with van der Waals surface area (Å²) >= 11 is 0. The molecular formula is C26H25N7O2. The van der Waals surface area contributed by atoms with Gasteiger partial charge in [0.1, 0.15) is 23.2 Å². The monoisotopic (exact) mass is 467 g/mol. The molecule has 4 heterocycles. The number of nitrogens with zero attached hydrogens (tertiary/aromatic N) is 5. The minimum atomic E-state index is -0.308. The Hall–Kier alpha value is -4.24. The van der Waals surface area contributed by atoms with E-state index in [1.807, 2.05) is 43.3 Å². The molecule has 0 saturated carbocycles. The van der Waals surface area contributed by atoms with Crippen LogP contribution in [0, 0.1) is 12.8 Å². The molecule has 1 aliphatic heterocycles. The van der Waals surface area contributed by atoms with E-state index in [0.29, 0.717) is 53.5 Å². The predicted molar refractivity (Wildman–Crippen MR) is 131 cm³/mol. The average Bonchev–Trinajstić information content (AvgIpc) is 2.84. The Labute approximate surface area is 203 Å². The van der Waals surface area contributed by atoms with Gasteiger partial charge in [0.05, 0.1) is 12.2 Å². The van der Waals surface area contributed by atoms with E-state index >= 15 is 0 Å². The third-order valence-electron chi connectivity index (χ3n) is 5.58. The SMILES string of the molecule is Cc1cccc(-c2nccc(Nc3ccnc(Cc4cccc(C(=O)OCC5CNC5)c4)n3)n2)n1. The zero-order valence-corrected chi connectivity index (χ0v) is 19.3. The molecule has 0 aliphatic carbocycles. The fourth-order valence-electron chi connectivity index (χ4n) is 3.64. The molecule has 9 heteroatoms. The quantitative estimate of drug-likeness (QED) is 0.376. The number of hydrogen-bond donors (Lipinski definition) is 2. The van der Waals surface area contributed by atoms with Gasteiger partial charge in [-0.1, -0.05) is 18.2 Å². The van der Waals surface area contributed by atoms with Crippen molar-refractivity contribution < 1.29 is 9.53 Å². The first kappa shape index (κ1) is 22.5. The van der Waals surface area contributed by atoms with Crippen molar-refractivity contribution in [2.45, 2.75) is 13.3 Å². The van der Waals surface area contributed by atoms with E-state index in [-0.39, 0.29) is 5.97 Å². The molecule has 2 N–H and O–H groups in total. The number of rotatable bonds is 8. The standard InChI is InChI=1S/C26H25N7O2/c1-17-4-2-7-21(30-17)25-29-11-9-23(33-25)31-22-8-10-28-24(32-22)13-18-5-3-6-20(12-18)26(34)35-16-19-14-27-15-19/h2-12,19,27H,13-16H2,1H3,(H,28,29,31,32,33). The number of ether oxygens (including phenoxy) is 1. The lowest BCUT2D eigenvalue weighted by Gasteiger charge is -2.26. The van der Waals surface area contributed by atoms with Crippen molar-refractivity contribution in [2.75, 3.05) is 25.0 Å². The van der Waals surface area contributed by atoms with Crippen molar-refractivity contribution in [3.63, 3.8) is 0 Å². The van der Waals surface area contributed by atoms with Gasteiger partial charge in [0.25, 0.3) is 0 Å². The number of hydrogen-bond acceptors (Lipinski definition) is 9. The number of carbonyl (C=O) groups excluding carboxylic acids is 1. The molecule has 5 rings (SSSR count). The molecule has 0 radical (unpaired) electrons. The van der Waals surface area contributed by atoms with Crippen LogP contribution in [0.5, 0.6) is 0 Å². The first-order valence-corrected chi connectivity index (χ1v) is 11.5. The first-order chi connectivity index (χ1) is 17.1.